The predicted molar refractivity (Wildman–Crippen MR) is 98.9 cm³/mol. The number of para-hydroxylation sites is 1. The average molecular weight is 443 g/mol. The zero-order chi connectivity index (χ0) is 22.6. The Kier molecular flexibility index (Phi) is 6.23. The highest BCUT2D eigenvalue weighted by Gasteiger charge is 2.34. The fourth-order valence-electron chi connectivity index (χ4n) is 2.72. The van der Waals surface area contributed by atoms with Gasteiger partial charge in [0, 0.05) is 12.3 Å². The number of rotatable bonds is 6. The van der Waals surface area contributed by atoms with E-state index in [-0.39, 0.29) is 23.7 Å². The monoisotopic (exact) mass is 443 g/mol. The molecule has 0 radical (unpaired) electrons. The topological polar surface area (TPSA) is 56.1 Å². The Morgan fingerprint density at radius 1 is 1.00 bits per heavy atom. The van der Waals surface area contributed by atoms with E-state index in [9.17, 15) is 31.1 Å². The highest BCUT2D eigenvalue weighted by molar-refractivity contribution is 5.91. The molecule has 0 atom stereocenters. The molecule has 31 heavy (non-hydrogen) atoms. The molecular formula is C20H15F6N3O2. The van der Waals surface area contributed by atoms with Crippen molar-refractivity contribution in [2.24, 2.45) is 0 Å². The number of hydrogen-bond acceptors (Lipinski definition) is 3. The number of aromatic nitrogens is 2. The molecule has 164 valence electrons. The lowest BCUT2D eigenvalue weighted by Gasteiger charge is -2.12. The Morgan fingerprint density at radius 3 is 2.45 bits per heavy atom. The van der Waals surface area contributed by atoms with Crippen LogP contribution >= 0.6 is 0 Å². The third kappa shape index (κ3) is 6.24. The molecule has 3 aromatic rings. The molecule has 1 aromatic heterocycles. The molecule has 2 aromatic carbocycles. The number of hydrogen-bond donors (Lipinski definition) is 1. The molecule has 3 rings (SSSR count). The van der Waals surface area contributed by atoms with E-state index in [1.807, 2.05) is 0 Å². The van der Waals surface area contributed by atoms with Crippen LogP contribution in [0.3, 0.4) is 0 Å². The number of halogens is 6. The van der Waals surface area contributed by atoms with Crippen LogP contribution in [0.15, 0.2) is 60.8 Å². The van der Waals surface area contributed by atoms with Crippen LogP contribution in [0.2, 0.25) is 0 Å². The molecule has 0 fully saturated rings. The number of carbonyl (C=O) groups excluding carboxylic acids is 1. The Hall–Kier alpha value is -3.50. The van der Waals surface area contributed by atoms with E-state index in [1.54, 1.807) is 0 Å². The highest BCUT2D eigenvalue weighted by atomic mass is 19.4. The lowest BCUT2D eigenvalue weighted by Crippen LogP contribution is -2.19. The van der Waals surface area contributed by atoms with Crippen LogP contribution in [0.25, 0.3) is 5.69 Å². The van der Waals surface area contributed by atoms with Gasteiger partial charge in [0.1, 0.15) is 5.75 Å². The Bertz CT molecular complexity index is 1060. The van der Waals surface area contributed by atoms with E-state index in [4.69, 9.17) is 0 Å². The number of amides is 1. The van der Waals surface area contributed by atoms with Gasteiger partial charge in [-0.05, 0) is 29.8 Å². The number of ether oxygens (including phenoxy) is 1. The maximum Gasteiger partial charge on any atom is 0.422 e. The highest BCUT2D eigenvalue weighted by Crippen LogP contribution is 2.33. The number of nitrogens with one attached hydrogen (secondary N) is 1. The summed E-state index contributed by atoms with van der Waals surface area (Å²) in [7, 11) is 0. The first-order chi connectivity index (χ1) is 14.5. The molecule has 0 bridgehead atoms. The smallest absolute Gasteiger partial charge is 0.422 e. The van der Waals surface area contributed by atoms with E-state index in [0.29, 0.717) is 5.56 Å². The largest absolute Gasteiger partial charge is 0.484 e. The van der Waals surface area contributed by atoms with Crippen molar-refractivity contribution in [3.63, 3.8) is 0 Å². The Balaban J connectivity index is 1.67. The Morgan fingerprint density at radius 2 is 1.74 bits per heavy atom. The number of nitrogens with zero attached hydrogens (tertiary/aromatic N) is 2. The van der Waals surface area contributed by atoms with Gasteiger partial charge in [-0.15, -0.1) is 0 Å². The van der Waals surface area contributed by atoms with E-state index >= 15 is 0 Å². The maximum absolute atomic E-state index is 13.2. The van der Waals surface area contributed by atoms with Crippen LogP contribution in [0, 0.1) is 0 Å². The third-order valence-electron chi connectivity index (χ3n) is 3.98. The molecule has 0 unspecified atom stereocenters. The van der Waals surface area contributed by atoms with Crippen LogP contribution in [-0.2, 0) is 17.4 Å². The van der Waals surface area contributed by atoms with Crippen molar-refractivity contribution in [1.82, 2.24) is 9.78 Å². The van der Waals surface area contributed by atoms with E-state index in [0.717, 1.165) is 10.7 Å². The summed E-state index contributed by atoms with van der Waals surface area (Å²) in [4.78, 5) is 12.2. The van der Waals surface area contributed by atoms with Crippen molar-refractivity contribution in [1.29, 1.82) is 0 Å². The van der Waals surface area contributed by atoms with Crippen LogP contribution in [0.5, 0.6) is 5.75 Å². The summed E-state index contributed by atoms with van der Waals surface area (Å²) in [6.45, 7) is -1.46. The van der Waals surface area contributed by atoms with Gasteiger partial charge in [-0.25, -0.2) is 4.68 Å². The van der Waals surface area contributed by atoms with Crippen LogP contribution < -0.4 is 10.1 Å². The maximum atomic E-state index is 13.2. The molecule has 0 aliphatic heterocycles. The summed E-state index contributed by atoms with van der Waals surface area (Å²) in [5.74, 6) is -0.579. The lowest BCUT2D eigenvalue weighted by atomic mass is 10.1. The number of anilines is 1. The quantitative estimate of drug-likeness (QED) is 0.545. The van der Waals surface area contributed by atoms with Gasteiger partial charge >= 0.3 is 12.4 Å². The second-order valence-electron chi connectivity index (χ2n) is 6.44. The molecule has 0 spiro atoms. The second kappa shape index (κ2) is 8.70. The summed E-state index contributed by atoms with van der Waals surface area (Å²) in [6, 6.07) is 11.8. The molecule has 1 N–H and O–H groups in total. The zero-order valence-corrected chi connectivity index (χ0v) is 15.7. The van der Waals surface area contributed by atoms with Gasteiger partial charge in [-0.3, -0.25) is 4.79 Å². The average Bonchev–Trinajstić information content (AvgIpc) is 3.13. The van der Waals surface area contributed by atoms with Gasteiger partial charge in [0.2, 0.25) is 5.91 Å². The van der Waals surface area contributed by atoms with E-state index in [1.165, 1.54) is 54.7 Å². The second-order valence-corrected chi connectivity index (χ2v) is 6.44. The molecule has 0 saturated carbocycles. The lowest BCUT2D eigenvalue weighted by molar-refractivity contribution is -0.153. The van der Waals surface area contributed by atoms with Crippen molar-refractivity contribution < 1.29 is 35.9 Å². The minimum absolute atomic E-state index is 0.0199. The fraction of sp³-hybridized carbons (Fsp3) is 0.200. The summed E-state index contributed by atoms with van der Waals surface area (Å²) in [6.07, 6.45) is -8.00. The van der Waals surface area contributed by atoms with Crippen LogP contribution in [0.1, 0.15) is 11.1 Å². The molecule has 0 aliphatic carbocycles. The normalized spacial score (nSPS) is 11.9. The first-order valence-electron chi connectivity index (χ1n) is 8.82. The van der Waals surface area contributed by atoms with Crippen LogP contribution in [0.4, 0.5) is 32.2 Å². The summed E-state index contributed by atoms with van der Waals surface area (Å²) in [5.41, 5.74) is -0.698. The minimum Gasteiger partial charge on any atom is -0.484 e. The van der Waals surface area contributed by atoms with Crippen molar-refractivity contribution in [2.75, 3.05) is 11.9 Å². The van der Waals surface area contributed by atoms with Crippen molar-refractivity contribution in [3.05, 3.63) is 71.9 Å². The molecular weight excluding hydrogens is 428 g/mol. The summed E-state index contributed by atoms with van der Waals surface area (Å²) < 4.78 is 81.9. The van der Waals surface area contributed by atoms with Gasteiger partial charge < -0.3 is 10.1 Å². The first-order valence-corrected chi connectivity index (χ1v) is 8.82. The zero-order valence-electron chi connectivity index (χ0n) is 15.7. The molecule has 0 aliphatic rings. The third-order valence-corrected chi connectivity index (χ3v) is 3.98. The molecule has 5 nitrogen and oxygen atoms in total. The minimum atomic E-state index is -4.58. The van der Waals surface area contributed by atoms with Crippen molar-refractivity contribution in [3.8, 4) is 11.4 Å². The molecule has 1 amide bonds. The number of carbonyl (C=O) groups is 1. The van der Waals surface area contributed by atoms with Gasteiger partial charge in [-0.2, -0.15) is 31.4 Å². The molecule has 1 heterocycles. The van der Waals surface area contributed by atoms with Gasteiger partial charge in [-0.1, -0.05) is 24.3 Å². The predicted octanol–water partition coefficient (Wildman–Crippen LogP) is 5.01. The molecule has 0 saturated heterocycles. The van der Waals surface area contributed by atoms with Crippen molar-refractivity contribution >= 4 is 11.7 Å². The molecule has 11 heteroatoms. The van der Waals surface area contributed by atoms with Gasteiger partial charge in [0.05, 0.1) is 17.7 Å². The number of benzene rings is 2. The van der Waals surface area contributed by atoms with Gasteiger partial charge in [0.25, 0.3) is 0 Å². The van der Waals surface area contributed by atoms with Gasteiger partial charge in [0.15, 0.2) is 12.4 Å². The van der Waals surface area contributed by atoms with Crippen molar-refractivity contribution in [2.45, 2.75) is 18.8 Å². The summed E-state index contributed by atoms with van der Waals surface area (Å²) in [5, 5.41) is 6.39. The van der Waals surface area contributed by atoms with Crippen LogP contribution in [-0.4, -0.2) is 28.5 Å². The SMILES string of the molecule is O=C(Cc1cccc(OCC(F)(F)F)c1)Nc1ccn(-c2ccccc2C(F)(F)F)n1. The first kappa shape index (κ1) is 22.2. The fourth-order valence-corrected chi connectivity index (χ4v) is 2.72. The standard InChI is InChI=1S/C20H15F6N3O2/c21-19(22,23)12-31-14-5-3-4-13(10-14)11-18(30)27-17-8-9-29(28-17)16-7-2-1-6-15(16)20(24,25)26/h1-10H,11-12H2,(H,27,28,30). The Labute approximate surface area is 172 Å². The number of alkyl halides is 6. The van der Waals surface area contributed by atoms with E-state index in [2.05, 4.69) is 15.2 Å². The summed E-state index contributed by atoms with van der Waals surface area (Å²) >= 11 is 0. The van der Waals surface area contributed by atoms with E-state index < -0.39 is 30.4 Å².